The smallest absolute Gasteiger partial charge is 0.335 e. The van der Waals surface area contributed by atoms with Gasteiger partial charge in [-0.3, -0.25) is 9.00 Å². The van der Waals surface area contributed by atoms with Crippen molar-refractivity contribution in [1.29, 1.82) is 0 Å². The van der Waals surface area contributed by atoms with Crippen LogP contribution in [0.3, 0.4) is 0 Å². The molecule has 0 aromatic heterocycles. The van der Waals surface area contributed by atoms with Crippen molar-refractivity contribution < 1.29 is 18.9 Å². The summed E-state index contributed by atoms with van der Waals surface area (Å²) < 4.78 is 11.6. The van der Waals surface area contributed by atoms with Gasteiger partial charge in [-0.2, -0.15) is 0 Å². The second kappa shape index (κ2) is 6.15. The van der Waals surface area contributed by atoms with Gasteiger partial charge in [0.15, 0.2) is 0 Å². The van der Waals surface area contributed by atoms with Gasteiger partial charge in [0, 0.05) is 28.7 Å². The largest absolute Gasteiger partial charge is 0.478 e. The second-order valence-corrected chi connectivity index (χ2v) is 5.09. The molecule has 0 saturated heterocycles. The highest BCUT2D eigenvalue weighted by Gasteiger charge is 2.07. The number of carboxylic acids is 1. The van der Waals surface area contributed by atoms with Crippen LogP contribution in [0.25, 0.3) is 0 Å². The Kier molecular flexibility index (Phi) is 4.84. The van der Waals surface area contributed by atoms with Gasteiger partial charge in [-0.15, -0.1) is 0 Å². The highest BCUT2D eigenvalue weighted by molar-refractivity contribution is 7.84. The first-order valence-electron chi connectivity index (χ1n) is 4.94. The molecule has 0 aliphatic heterocycles. The quantitative estimate of drug-likeness (QED) is 0.773. The Morgan fingerprint density at radius 1 is 1.35 bits per heavy atom. The normalized spacial score (nSPS) is 12.0. The number of nitrogens with two attached hydrogens (primary N) is 1. The Bertz CT molecular complexity index is 459. The van der Waals surface area contributed by atoms with E-state index in [2.05, 4.69) is 0 Å². The summed E-state index contributed by atoms with van der Waals surface area (Å²) in [5.74, 6) is -1.08. The molecule has 1 unspecified atom stereocenters. The van der Waals surface area contributed by atoms with E-state index in [0.29, 0.717) is 5.56 Å². The molecule has 1 amide bonds. The second-order valence-electron chi connectivity index (χ2n) is 3.51. The minimum Gasteiger partial charge on any atom is -0.478 e. The molecular weight excluding hydrogens is 242 g/mol. The molecule has 0 fully saturated rings. The number of hydrogen-bond acceptors (Lipinski definition) is 3. The third kappa shape index (κ3) is 4.78. The van der Waals surface area contributed by atoms with Crippen LogP contribution in [0, 0.1) is 0 Å². The van der Waals surface area contributed by atoms with Crippen molar-refractivity contribution in [3.05, 3.63) is 35.4 Å². The maximum absolute atomic E-state index is 11.6. The number of primary amides is 1. The average molecular weight is 255 g/mol. The average Bonchev–Trinajstić information content (AvgIpc) is 2.26. The number of carbonyl (C=O) groups is 2. The first-order valence-corrected chi connectivity index (χ1v) is 6.43. The SMILES string of the molecule is NC(=O)CCS(=O)Cc1cccc(C(=O)O)c1. The van der Waals surface area contributed by atoms with Gasteiger partial charge in [0.2, 0.25) is 5.91 Å². The first-order chi connectivity index (χ1) is 7.99. The predicted octanol–water partition coefficient (Wildman–Crippen LogP) is 0.509. The van der Waals surface area contributed by atoms with Crippen molar-refractivity contribution in [2.75, 3.05) is 5.75 Å². The van der Waals surface area contributed by atoms with E-state index < -0.39 is 22.7 Å². The molecule has 1 aromatic rings. The van der Waals surface area contributed by atoms with E-state index in [1.807, 2.05) is 0 Å². The summed E-state index contributed by atoms with van der Waals surface area (Å²) in [5.41, 5.74) is 5.78. The zero-order chi connectivity index (χ0) is 12.8. The molecule has 0 bridgehead atoms. The molecule has 17 heavy (non-hydrogen) atoms. The van der Waals surface area contributed by atoms with Gasteiger partial charge in [0.1, 0.15) is 0 Å². The maximum Gasteiger partial charge on any atom is 0.335 e. The molecule has 1 rings (SSSR count). The molecule has 92 valence electrons. The molecule has 1 atom stereocenters. The highest BCUT2D eigenvalue weighted by Crippen LogP contribution is 2.08. The van der Waals surface area contributed by atoms with Crippen LogP contribution in [0.5, 0.6) is 0 Å². The molecule has 0 saturated carbocycles. The monoisotopic (exact) mass is 255 g/mol. The van der Waals surface area contributed by atoms with E-state index >= 15 is 0 Å². The van der Waals surface area contributed by atoms with Gasteiger partial charge in [-0.05, 0) is 17.7 Å². The Balaban J connectivity index is 2.62. The zero-order valence-electron chi connectivity index (χ0n) is 9.09. The maximum atomic E-state index is 11.6. The molecule has 0 spiro atoms. The van der Waals surface area contributed by atoms with Crippen LogP contribution in [-0.4, -0.2) is 26.9 Å². The molecular formula is C11H13NO4S. The van der Waals surface area contributed by atoms with Crippen molar-refractivity contribution in [3.8, 4) is 0 Å². The lowest BCUT2D eigenvalue weighted by Crippen LogP contribution is -2.15. The summed E-state index contributed by atoms with van der Waals surface area (Å²) in [6.45, 7) is 0. The van der Waals surface area contributed by atoms with Crippen LogP contribution >= 0.6 is 0 Å². The topological polar surface area (TPSA) is 97.5 Å². The molecule has 3 N–H and O–H groups in total. The van der Waals surface area contributed by atoms with Gasteiger partial charge >= 0.3 is 5.97 Å². The minimum atomic E-state index is -1.21. The summed E-state index contributed by atoms with van der Waals surface area (Å²) in [6.07, 6.45) is 0.0746. The van der Waals surface area contributed by atoms with E-state index in [-0.39, 0.29) is 23.5 Å². The highest BCUT2D eigenvalue weighted by atomic mass is 32.2. The van der Waals surface area contributed by atoms with Crippen LogP contribution < -0.4 is 5.73 Å². The molecule has 6 heteroatoms. The van der Waals surface area contributed by atoms with E-state index in [1.54, 1.807) is 12.1 Å². The Hall–Kier alpha value is -1.69. The van der Waals surface area contributed by atoms with E-state index in [9.17, 15) is 13.8 Å². The number of aromatic carboxylic acids is 1. The lowest BCUT2D eigenvalue weighted by molar-refractivity contribution is -0.117. The van der Waals surface area contributed by atoms with Crippen LogP contribution in [0.1, 0.15) is 22.3 Å². The van der Waals surface area contributed by atoms with Crippen LogP contribution in [-0.2, 0) is 21.3 Å². The van der Waals surface area contributed by atoms with Crippen LogP contribution in [0.15, 0.2) is 24.3 Å². The fraction of sp³-hybridized carbons (Fsp3) is 0.273. The summed E-state index contributed by atoms with van der Waals surface area (Å²) in [6, 6.07) is 6.25. The standard InChI is InChI=1S/C11H13NO4S/c12-10(13)4-5-17(16)7-8-2-1-3-9(6-8)11(14)15/h1-3,6H,4-5,7H2,(H2,12,13)(H,14,15). The lowest BCUT2D eigenvalue weighted by Gasteiger charge is -2.02. The summed E-state index contributed by atoms with van der Waals surface area (Å²) in [5, 5.41) is 8.78. The predicted molar refractivity (Wildman–Crippen MR) is 63.9 cm³/mol. The minimum absolute atomic E-state index is 0.0746. The summed E-state index contributed by atoms with van der Waals surface area (Å²) in [7, 11) is -1.21. The van der Waals surface area contributed by atoms with Gasteiger partial charge < -0.3 is 10.8 Å². The fourth-order valence-corrected chi connectivity index (χ4v) is 2.39. The number of rotatable bonds is 6. The van der Waals surface area contributed by atoms with Crippen molar-refractivity contribution in [3.63, 3.8) is 0 Å². The molecule has 1 aromatic carbocycles. The molecule has 0 aliphatic rings. The Labute approximate surface area is 101 Å². The number of hydrogen-bond donors (Lipinski definition) is 2. The fourth-order valence-electron chi connectivity index (χ4n) is 1.27. The molecule has 0 aliphatic carbocycles. The number of carboxylic acid groups (broad SMARTS) is 1. The lowest BCUT2D eigenvalue weighted by atomic mass is 10.1. The van der Waals surface area contributed by atoms with Crippen molar-refractivity contribution >= 4 is 22.7 Å². The van der Waals surface area contributed by atoms with E-state index in [1.165, 1.54) is 12.1 Å². The number of benzene rings is 1. The van der Waals surface area contributed by atoms with Crippen LogP contribution in [0.4, 0.5) is 0 Å². The third-order valence-corrected chi connectivity index (χ3v) is 3.39. The van der Waals surface area contributed by atoms with Gasteiger partial charge in [-0.25, -0.2) is 4.79 Å². The Morgan fingerprint density at radius 3 is 2.65 bits per heavy atom. The molecule has 0 radical (unpaired) electrons. The van der Waals surface area contributed by atoms with Gasteiger partial charge in [-0.1, -0.05) is 12.1 Å². The number of carbonyl (C=O) groups excluding carboxylic acids is 1. The molecule has 0 heterocycles. The first kappa shape index (κ1) is 13.4. The van der Waals surface area contributed by atoms with Crippen LogP contribution in [0.2, 0.25) is 0 Å². The van der Waals surface area contributed by atoms with E-state index in [4.69, 9.17) is 10.8 Å². The third-order valence-electron chi connectivity index (χ3n) is 2.08. The van der Waals surface area contributed by atoms with Gasteiger partial charge in [0.25, 0.3) is 0 Å². The van der Waals surface area contributed by atoms with Crippen molar-refractivity contribution in [1.82, 2.24) is 0 Å². The number of amides is 1. The van der Waals surface area contributed by atoms with Crippen molar-refractivity contribution in [2.24, 2.45) is 5.73 Å². The summed E-state index contributed by atoms with van der Waals surface area (Å²) >= 11 is 0. The molecule has 5 nitrogen and oxygen atoms in total. The zero-order valence-corrected chi connectivity index (χ0v) is 9.90. The Morgan fingerprint density at radius 2 is 2.06 bits per heavy atom. The van der Waals surface area contributed by atoms with E-state index in [0.717, 1.165) is 0 Å². The summed E-state index contributed by atoms with van der Waals surface area (Å²) in [4.78, 5) is 21.2. The van der Waals surface area contributed by atoms with Crippen molar-refractivity contribution in [2.45, 2.75) is 12.2 Å². The van der Waals surface area contributed by atoms with Gasteiger partial charge in [0.05, 0.1) is 5.56 Å².